The lowest BCUT2D eigenvalue weighted by molar-refractivity contribution is 0.222. The molecule has 3 rings (SSSR count). The highest BCUT2D eigenvalue weighted by atomic mass is 79.9. The van der Waals surface area contributed by atoms with Gasteiger partial charge in [-0.3, -0.25) is 4.79 Å². The zero-order valence-corrected chi connectivity index (χ0v) is 23.2. The van der Waals surface area contributed by atoms with Gasteiger partial charge in [-0.15, -0.1) is 0 Å². The number of ether oxygens (including phenoxy) is 2. The van der Waals surface area contributed by atoms with Crippen LogP contribution in [0.1, 0.15) is 51.9 Å². The molecule has 3 aromatic rings. The van der Waals surface area contributed by atoms with Crippen molar-refractivity contribution in [1.82, 2.24) is 9.66 Å². The Morgan fingerprint density at radius 2 is 1.84 bits per heavy atom. The van der Waals surface area contributed by atoms with Crippen LogP contribution >= 0.6 is 47.8 Å². The van der Waals surface area contributed by atoms with Crippen LogP contribution in [0.5, 0.6) is 11.5 Å². The second-order valence-corrected chi connectivity index (χ2v) is 10.2. The first-order chi connectivity index (χ1) is 15.1. The van der Waals surface area contributed by atoms with E-state index < -0.39 is 0 Å². The first-order valence-electron chi connectivity index (χ1n) is 10.2. The molecule has 0 atom stereocenters. The maximum atomic E-state index is 13.2. The Bertz CT molecular complexity index is 1240. The summed E-state index contributed by atoms with van der Waals surface area (Å²) in [6, 6.07) is 7.30. The van der Waals surface area contributed by atoms with Gasteiger partial charge < -0.3 is 9.47 Å². The van der Waals surface area contributed by atoms with E-state index in [-0.39, 0.29) is 17.6 Å². The molecule has 0 bridgehead atoms. The quantitative estimate of drug-likeness (QED) is 0.268. The number of hydrogen-bond acceptors (Lipinski definition) is 5. The molecule has 170 valence electrons. The maximum Gasteiger partial charge on any atom is 0.282 e. The molecule has 6 nitrogen and oxygen atoms in total. The number of fused-ring (bicyclic) bond motifs is 1. The minimum atomic E-state index is -0.226. The molecule has 32 heavy (non-hydrogen) atoms. The standard InChI is InChI=1S/C23H24Br3N3O3/c1-6-31-18-9-14(19(25)20(26)21(18)32-13(4)5)11-27-29-22(12(2)3)28-17-8-7-15(24)10-16(17)23(29)30/h7-13H,6H2,1-5H3. The van der Waals surface area contributed by atoms with E-state index in [0.29, 0.717) is 34.8 Å². The molecule has 1 aromatic heterocycles. The van der Waals surface area contributed by atoms with Gasteiger partial charge in [0.2, 0.25) is 0 Å². The molecule has 0 radical (unpaired) electrons. The van der Waals surface area contributed by atoms with E-state index in [2.05, 4.69) is 57.9 Å². The molecule has 0 fully saturated rings. The number of aromatic nitrogens is 2. The van der Waals surface area contributed by atoms with Gasteiger partial charge in [0.15, 0.2) is 11.5 Å². The number of nitrogens with zero attached hydrogens (tertiary/aromatic N) is 3. The lowest BCUT2D eigenvalue weighted by atomic mass is 10.2. The Morgan fingerprint density at radius 1 is 1.12 bits per heavy atom. The molecule has 0 unspecified atom stereocenters. The molecular weight excluding hydrogens is 606 g/mol. The van der Waals surface area contributed by atoms with Crippen LogP contribution in [0.4, 0.5) is 0 Å². The van der Waals surface area contributed by atoms with E-state index in [4.69, 9.17) is 9.47 Å². The van der Waals surface area contributed by atoms with E-state index >= 15 is 0 Å². The van der Waals surface area contributed by atoms with Gasteiger partial charge in [0.05, 0.1) is 34.3 Å². The van der Waals surface area contributed by atoms with Gasteiger partial charge in [-0.25, -0.2) is 4.98 Å². The summed E-state index contributed by atoms with van der Waals surface area (Å²) in [5.74, 6) is 1.79. The van der Waals surface area contributed by atoms with Crippen LogP contribution < -0.4 is 15.0 Å². The lowest BCUT2D eigenvalue weighted by Gasteiger charge is -2.18. The minimum absolute atomic E-state index is 0.00359. The van der Waals surface area contributed by atoms with E-state index in [0.717, 1.165) is 19.0 Å². The Morgan fingerprint density at radius 3 is 2.47 bits per heavy atom. The molecule has 0 amide bonds. The first kappa shape index (κ1) is 24.9. The van der Waals surface area contributed by atoms with Crippen molar-refractivity contribution in [3.05, 3.63) is 59.4 Å². The van der Waals surface area contributed by atoms with Gasteiger partial charge in [-0.1, -0.05) is 29.8 Å². The molecule has 0 saturated heterocycles. The van der Waals surface area contributed by atoms with Crippen molar-refractivity contribution in [2.45, 2.75) is 46.6 Å². The fraction of sp³-hybridized carbons (Fsp3) is 0.348. The first-order valence-corrected chi connectivity index (χ1v) is 12.6. The highest BCUT2D eigenvalue weighted by molar-refractivity contribution is 9.13. The van der Waals surface area contributed by atoms with Gasteiger partial charge in [-0.2, -0.15) is 9.78 Å². The Hall–Kier alpha value is -1.71. The van der Waals surface area contributed by atoms with Crippen molar-refractivity contribution >= 4 is 64.9 Å². The van der Waals surface area contributed by atoms with Gasteiger partial charge in [0.1, 0.15) is 5.82 Å². The van der Waals surface area contributed by atoms with Crippen molar-refractivity contribution in [1.29, 1.82) is 0 Å². The predicted octanol–water partition coefficient (Wildman–Crippen LogP) is 6.88. The summed E-state index contributed by atoms with van der Waals surface area (Å²) in [6.45, 7) is 10.3. The molecule has 0 aliphatic rings. The fourth-order valence-electron chi connectivity index (χ4n) is 3.08. The maximum absolute atomic E-state index is 13.2. The molecule has 0 aliphatic heterocycles. The smallest absolute Gasteiger partial charge is 0.282 e. The van der Waals surface area contributed by atoms with Crippen LogP contribution in [-0.4, -0.2) is 28.6 Å². The molecule has 2 aromatic carbocycles. The summed E-state index contributed by atoms with van der Waals surface area (Å²) in [5.41, 5.74) is 1.15. The Kier molecular flexibility index (Phi) is 8.16. The monoisotopic (exact) mass is 627 g/mol. The second-order valence-electron chi connectivity index (χ2n) is 7.67. The summed E-state index contributed by atoms with van der Waals surface area (Å²) in [5, 5.41) is 5.02. The predicted molar refractivity (Wildman–Crippen MR) is 140 cm³/mol. The molecule has 0 saturated carbocycles. The summed E-state index contributed by atoms with van der Waals surface area (Å²) < 4.78 is 15.4. The summed E-state index contributed by atoms with van der Waals surface area (Å²) in [4.78, 5) is 17.9. The zero-order valence-electron chi connectivity index (χ0n) is 18.4. The highest BCUT2D eigenvalue weighted by Crippen LogP contribution is 2.43. The number of halogens is 3. The van der Waals surface area contributed by atoms with Crippen LogP contribution in [0.3, 0.4) is 0 Å². The minimum Gasteiger partial charge on any atom is -0.490 e. The average Bonchev–Trinajstić information content (AvgIpc) is 2.73. The Labute approximate surface area is 212 Å². The van der Waals surface area contributed by atoms with Crippen molar-refractivity contribution in [2.24, 2.45) is 5.10 Å². The third kappa shape index (κ3) is 5.26. The van der Waals surface area contributed by atoms with Crippen molar-refractivity contribution < 1.29 is 9.47 Å². The van der Waals surface area contributed by atoms with Crippen molar-refractivity contribution in [3.8, 4) is 11.5 Å². The van der Waals surface area contributed by atoms with Crippen LogP contribution in [0, 0.1) is 0 Å². The molecule has 1 heterocycles. The van der Waals surface area contributed by atoms with Gasteiger partial charge in [-0.05, 0) is 76.9 Å². The second kappa shape index (κ2) is 10.5. The van der Waals surface area contributed by atoms with Crippen LogP contribution in [-0.2, 0) is 0 Å². The van der Waals surface area contributed by atoms with E-state index in [1.165, 1.54) is 4.68 Å². The van der Waals surface area contributed by atoms with Crippen LogP contribution in [0.15, 0.2) is 47.6 Å². The van der Waals surface area contributed by atoms with Crippen molar-refractivity contribution in [3.63, 3.8) is 0 Å². The Balaban J connectivity index is 2.17. The lowest BCUT2D eigenvalue weighted by Crippen LogP contribution is -2.23. The van der Waals surface area contributed by atoms with Crippen LogP contribution in [0.25, 0.3) is 10.9 Å². The number of benzene rings is 2. The molecule has 0 aliphatic carbocycles. The molecule has 0 spiro atoms. The summed E-state index contributed by atoms with van der Waals surface area (Å²) in [7, 11) is 0. The van der Waals surface area contributed by atoms with E-state index in [1.807, 2.05) is 52.8 Å². The molecular formula is C23H24Br3N3O3. The van der Waals surface area contributed by atoms with E-state index in [9.17, 15) is 4.79 Å². The average molecular weight is 630 g/mol. The van der Waals surface area contributed by atoms with Gasteiger partial charge in [0, 0.05) is 20.4 Å². The summed E-state index contributed by atoms with van der Waals surface area (Å²) >= 11 is 10.6. The van der Waals surface area contributed by atoms with Crippen molar-refractivity contribution in [2.75, 3.05) is 6.61 Å². The number of rotatable bonds is 7. The zero-order chi connectivity index (χ0) is 23.6. The fourth-order valence-corrected chi connectivity index (χ4v) is 4.35. The normalized spacial score (nSPS) is 11.8. The number of hydrogen-bond donors (Lipinski definition) is 0. The highest BCUT2D eigenvalue weighted by Gasteiger charge is 2.19. The summed E-state index contributed by atoms with van der Waals surface area (Å²) in [6.07, 6.45) is 1.60. The third-order valence-electron chi connectivity index (χ3n) is 4.47. The largest absolute Gasteiger partial charge is 0.490 e. The van der Waals surface area contributed by atoms with Gasteiger partial charge in [0.25, 0.3) is 5.56 Å². The van der Waals surface area contributed by atoms with Crippen LogP contribution in [0.2, 0.25) is 0 Å². The molecule has 0 N–H and O–H groups in total. The van der Waals surface area contributed by atoms with E-state index in [1.54, 1.807) is 12.3 Å². The topological polar surface area (TPSA) is 65.7 Å². The SMILES string of the molecule is CCOc1cc(C=Nn2c(C(C)C)nc3ccc(Br)cc3c2=O)c(Br)c(Br)c1OC(C)C. The molecule has 9 heteroatoms. The third-order valence-corrected chi connectivity index (χ3v) is 7.11. The van der Waals surface area contributed by atoms with Gasteiger partial charge >= 0.3 is 0 Å².